The number of amides is 1. The molecule has 1 aliphatic rings. The number of pyridine rings is 1. The molecular formula is C21H24N4O4S. The third-order valence-electron chi connectivity index (χ3n) is 5.21. The lowest BCUT2D eigenvalue weighted by Crippen LogP contribution is -2.23. The van der Waals surface area contributed by atoms with Gasteiger partial charge in [0.15, 0.2) is 9.84 Å². The largest absolute Gasteiger partial charge is 0.377 e. The summed E-state index contributed by atoms with van der Waals surface area (Å²) in [6.07, 6.45) is 6.21. The number of ether oxygens (including phenoxy) is 1. The topological polar surface area (TPSA) is 116 Å². The maximum Gasteiger partial charge on any atom is 0.253 e. The van der Waals surface area contributed by atoms with Crippen LogP contribution in [0.15, 0.2) is 59.9 Å². The Morgan fingerprint density at radius 1 is 1.23 bits per heavy atom. The fourth-order valence-corrected chi connectivity index (χ4v) is 4.85. The number of nitrogens with zero attached hydrogens (tertiary/aromatic N) is 2. The molecule has 8 nitrogen and oxygen atoms in total. The van der Waals surface area contributed by atoms with Gasteiger partial charge < -0.3 is 20.2 Å². The first-order valence-electron chi connectivity index (χ1n) is 9.80. The number of carbonyl (C=O) groups excluding carboxylic acids is 1. The Hall–Kier alpha value is -2.75. The molecule has 2 aromatic heterocycles. The second-order valence-corrected chi connectivity index (χ2v) is 9.60. The number of hydrogen-bond donors (Lipinski definition) is 2. The normalized spacial score (nSPS) is 19.2. The van der Waals surface area contributed by atoms with Crippen molar-refractivity contribution in [2.75, 3.05) is 12.4 Å². The zero-order chi connectivity index (χ0) is 21.1. The van der Waals surface area contributed by atoms with Crippen LogP contribution in [0.25, 0.3) is 5.65 Å². The summed E-state index contributed by atoms with van der Waals surface area (Å²) in [5, 5.41) is 2.85. The minimum atomic E-state index is -3.39. The number of rotatable bonds is 7. The summed E-state index contributed by atoms with van der Waals surface area (Å²) < 4.78 is 32.4. The van der Waals surface area contributed by atoms with Gasteiger partial charge in [0.1, 0.15) is 5.65 Å². The molecular weight excluding hydrogens is 404 g/mol. The van der Waals surface area contributed by atoms with Gasteiger partial charge in [0.05, 0.1) is 28.9 Å². The van der Waals surface area contributed by atoms with Gasteiger partial charge in [-0.3, -0.25) is 4.79 Å². The first-order chi connectivity index (χ1) is 14.4. The Morgan fingerprint density at radius 3 is 2.77 bits per heavy atom. The van der Waals surface area contributed by atoms with Crippen molar-refractivity contribution in [2.24, 2.45) is 5.73 Å². The molecule has 9 heteroatoms. The van der Waals surface area contributed by atoms with Crippen molar-refractivity contribution < 1.29 is 17.9 Å². The third-order valence-corrected chi connectivity index (χ3v) is 6.97. The molecule has 1 amide bonds. The Bertz CT molecular complexity index is 1140. The zero-order valence-electron chi connectivity index (χ0n) is 16.4. The summed E-state index contributed by atoms with van der Waals surface area (Å²) >= 11 is 0. The van der Waals surface area contributed by atoms with Gasteiger partial charge in [-0.05, 0) is 42.7 Å². The number of carbonyl (C=O) groups is 1. The van der Waals surface area contributed by atoms with Crippen LogP contribution in [0.1, 0.15) is 28.8 Å². The molecule has 3 N–H and O–H groups in total. The summed E-state index contributed by atoms with van der Waals surface area (Å²) in [6, 6.07) is 10.1. The molecule has 0 aliphatic carbocycles. The first kappa shape index (κ1) is 20.5. The monoisotopic (exact) mass is 428 g/mol. The van der Waals surface area contributed by atoms with Gasteiger partial charge in [-0.15, -0.1) is 0 Å². The number of nitrogens with two attached hydrogens (primary N) is 1. The Kier molecular flexibility index (Phi) is 5.85. The Balaban J connectivity index is 1.33. The number of sulfone groups is 1. The van der Waals surface area contributed by atoms with E-state index < -0.39 is 9.84 Å². The summed E-state index contributed by atoms with van der Waals surface area (Å²) in [5.74, 6) is -0.186. The number of imidazole rings is 1. The fraction of sp³-hybridized carbons (Fsp3) is 0.333. The molecule has 1 aromatic carbocycles. The van der Waals surface area contributed by atoms with Crippen LogP contribution >= 0.6 is 0 Å². The van der Waals surface area contributed by atoms with Crippen molar-refractivity contribution in [3.8, 4) is 0 Å². The molecule has 3 aromatic rings. The maximum atomic E-state index is 12.6. The van der Waals surface area contributed by atoms with Gasteiger partial charge in [-0.1, -0.05) is 12.1 Å². The van der Waals surface area contributed by atoms with Gasteiger partial charge in [0.25, 0.3) is 5.91 Å². The van der Waals surface area contributed by atoms with Gasteiger partial charge in [-0.25, -0.2) is 13.4 Å². The van der Waals surface area contributed by atoms with Crippen molar-refractivity contribution in [3.63, 3.8) is 0 Å². The van der Waals surface area contributed by atoms with E-state index in [1.165, 1.54) is 0 Å². The third kappa shape index (κ3) is 4.69. The lowest BCUT2D eigenvalue weighted by Gasteiger charge is -2.10. The van der Waals surface area contributed by atoms with Crippen LogP contribution in [0, 0.1) is 0 Å². The number of nitrogens with one attached hydrogen (secondary N) is 1. The summed E-state index contributed by atoms with van der Waals surface area (Å²) in [7, 11) is -3.39. The summed E-state index contributed by atoms with van der Waals surface area (Å²) in [6.45, 7) is 0.788. The molecule has 1 fully saturated rings. The fourth-order valence-electron chi connectivity index (χ4n) is 3.49. The molecule has 30 heavy (non-hydrogen) atoms. The van der Waals surface area contributed by atoms with E-state index in [0.717, 1.165) is 11.2 Å². The van der Waals surface area contributed by atoms with Gasteiger partial charge in [0, 0.05) is 31.2 Å². The highest BCUT2D eigenvalue weighted by Crippen LogP contribution is 2.19. The van der Waals surface area contributed by atoms with Crippen LogP contribution in [-0.2, 0) is 21.1 Å². The highest BCUT2D eigenvalue weighted by Gasteiger charge is 2.25. The highest BCUT2D eigenvalue weighted by atomic mass is 32.2. The zero-order valence-corrected chi connectivity index (χ0v) is 17.2. The molecule has 0 saturated carbocycles. The van der Waals surface area contributed by atoms with Crippen LogP contribution < -0.4 is 11.1 Å². The number of hydrogen-bond acceptors (Lipinski definition) is 6. The summed E-state index contributed by atoms with van der Waals surface area (Å²) in [4.78, 5) is 16.8. The molecule has 0 unspecified atom stereocenters. The average molecular weight is 429 g/mol. The molecule has 158 valence electrons. The van der Waals surface area contributed by atoms with Crippen LogP contribution in [0.2, 0.25) is 0 Å². The predicted molar refractivity (Wildman–Crippen MR) is 112 cm³/mol. The van der Waals surface area contributed by atoms with E-state index in [1.54, 1.807) is 59.4 Å². The Labute approximate surface area is 175 Å². The number of benzene rings is 1. The van der Waals surface area contributed by atoms with E-state index in [0.29, 0.717) is 31.6 Å². The van der Waals surface area contributed by atoms with Crippen molar-refractivity contribution >= 4 is 21.4 Å². The molecule has 2 atom stereocenters. The first-order valence-corrected chi connectivity index (χ1v) is 11.5. The molecule has 3 heterocycles. The molecule has 1 saturated heterocycles. The smallest absolute Gasteiger partial charge is 0.253 e. The standard InChI is InChI=1S/C21H24N4O4S/c22-17-11-18(29-14-17)7-10-30(27,28)19-4-1-15(2-5-19)12-24-21(26)16-3-6-20-23-8-9-25(20)13-16/h1-6,8-9,13,17-18H,7,10-12,14,22H2,(H,24,26)/t17-,18+/m0/s1. The van der Waals surface area contributed by atoms with Crippen molar-refractivity contribution in [2.45, 2.75) is 36.4 Å². The second kappa shape index (κ2) is 8.55. The van der Waals surface area contributed by atoms with Crippen LogP contribution in [0.3, 0.4) is 0 Å². The predicted octanol–water partition coefficient (Wildman–Crippen LogP) is 1.54. The molecule has 0 radical (unpaired) electrons. The average Bonchev–Trinajstić information content (AvgIpc) is 3.39. The summed E-state index contributed by atoms with van der Waals surface area (Å²) in [5.41, 5.74) is 7.90. The lowest BCUT2D eigenvalue weighted by atomic mass is 10.1. The van der Waals surface area contributed by atoms with E-state index in [-0.39, 0.29) is 28.7 Å². The van der Waals surface area contributed by atoms with Gasteiger partial charge in [-0.2, -0.15) is 0 Å². The molecule has 0 spiro atoms. The molecule has 0 bridgehead atoms. The van der Waals surface area contributed by atoms with Gasteiger partial charge >= 0.3 is 0 Å². The van der Waals surface area contributed by atoms with E-state index in [1.807, 2.05) is 0 Å². The molecule has 1 aliphatic heterocycles. The lowest BCUT2D eigenvalue weighted by molar-refractivity contribution is 0.0950. The van der Waals surface area contributed by atoms with Crippen molar-refractivity contribution in [1.29, 1.82) is 0 Å². The van der Waals surface area contributed by atoms with E-state index >= 15 is 0 Å². The van der Waals surface area contributed by atoms with Crippen LogP contribution in [-0.4, -0.2) is 48.2 Å². The SMILES string of the molecule is N[C@@H]1CO[C@H](CCS(=O)(=O)c2ccc(CNC(=O)c3ccc4nccn4c3)cc2)C1. The quantitative estimate of drug-likeness (QED) is 0.590. The van der Waals surface area contributed by atoms with E-state index in [2.05, 4.69) is 10.3 Å². The van der Waals surface area contributed by atoms with Gasteiger partial charge in [0.2, 0.25) is 0 Å². The minimum absolute atomic E-state index is 0.00550. The second-order valence-electron chi connectivity index (χ2n) is 7.50. The maximum absolute atomic E-state index is 12.6. The Morgan fingerprint density at radius 2 is 2.03 bits per heavy atom. The van der Waals surface area contributed by atoms with Crippen LogP contribution in [0.4, 0.5) is 0 Å². The number of fused-ring (bicyclic) bond motifs is 1. The number of aromatic nitrogens is 2. The van der Waals surface area contributed by atoms with E-state index in [9.17, 15) is 13.2 Å². The molecule has 4 rings (SSSR count). The highest BCUT2D eigenvalue weighted by molar-refractivity contribution is 7.91. The minimum Gasteiger partial charge on any atom is -0.377 e. The van der Waals surface area contributed by atoms with E-state index in [4.69, 9.17) is 10.5 Å². The van der Waals surface area contributed by atoms with Crippen molar-refractivity contribution in [1.82, 2.24) is 14.7 Å². The van der Waals surface area contributed by atoms with Crippen molar-refractivity contribution in [3.05, 3.63) is 66.1 Å². The van der Waals surface area contributed by atoms with Crippen LogP contribution in [0.5, 0.6) is 0 Å².